The fourth-order valence-corrected chi connectivity index (χ4v) is 4.65. The van der Waals surface area contributed by atoms with Gasteiger partial charge in [-0.1, -0.05) is 12.1 Å². The molecule has 2 aliphatic heterocycles. The third-order valence-electron chi connectivity index (χ3n) is 6.42. The summed E-state index contributed by atoms with van der Waals surface area (Å²) in [6.45, 7) is 8.45. The molecule has 0 bridgehead atoms. The molecule has 0 unspecified atom stereocenters. The van der Waals surface area contributed by atoms with E-state index in [1.165, 1.54) is 5.69 Å². The normalized spacial score (nSPS) is 18.4. The number of ether oxygens (including phenoxy) is 1. The quantitative estimate of drug-likeness (QED) is 0.672. The van der Waals surface area contributed by atoms with Gasteiger partial charge in [0.15, 0.2) is 0 Å². The summed E-state index contributed by atoms with van der Waals surface area (Å²) in [5.74, 6) is 0. The summed E-state index contributed by atoms with van der Waals surface area (Å²) in [5, 5.41) is 6.66. The average molecular weight is 427 g/mol. The summed E-state index contributed by atoms with van der Waals surface area (Å²) in [4.78, 5) is 7.13. The number of nitrogens with one attached hydrogen (secondary N) is 2. The molecule has 1 aromatic carbocycles. The number of anilines is 2. The molecule has 0 amide bonds. The van der Waals surface area contributed by atoms with Crippen LogP contribution in [0.1, 0.15) is 43.9 Å². The minimum Gasteiger partial charge on any atom is -0.384 e. The highest BCUT2D eigenvalue weighted by atomic mass is 19.1. The molecule has 4 rings (SSSR count). The average Bonchev–Trinajstić information content (AvgIpc) is 2.81. The topological polar surface area (TPSA) is 49.4 Å². The van der Waals surface area contributed by atoms with Crippen LogP contribution in [0.3, 0.4) is 0 Å². The smallest absolute Gasteiger partial charge is 0.117 e. The van der Waals surface area contributed by atoms with E-state index in [0.29, 0.717) is 17.8 Å². The largest absolute Gasteiger partial charge is 0.384 e. The predicted molar refractivity (Wildman–Crippen MR) is 126 cm³/mol. The van der Waals surface area contributed by atoms with Crippen molar-refractivity contribution >= 4 is 11.4 Å². The summed E-state index contributed by atoms with van der Waals surface area (Å²) >= 11 is 0. The number of piperidine rings is 2. The molecule has 0 atom stereocenters. The summed E-state index contributed by atoms with van der Waals surface area (Å²) in [5.41, 5.74) is 5.35. The Morgan fingerprint density at radius 2 is 1.77 bits per heavy atom. The Morgan fingerprint density at radius 1 is 1.10 bits per heavy atom. The molecule has 3 heterocycles. The number of aromatic nitrogens is 1. The maximum absolute atomic E-state index is 13.7. The third kappa shape index (κ3) is 5.36. The molecule has 31 heavy (non-hydrogen) atoms. The Morgan fingerprint density at radius 3 is 2.42 bits per heavy atom. The monoisotopic (exact) mass is 426 g/mol. The van der Waals surface area contributed by atoms with E-state index in [0.717, 1.165) is 81.0 Å². The van der Waals surface area contributed by atoms with Gasteiger partial charge in [-0.2, -0.15) is 0 Å². The Balaban J connectivity index is 1.39. The first kappa shape index (κ1) is 22.0. The second-order valence-corrected chi connectivity index (χ2v) is 8.61. The van der Waals surface area contributed by atoms with Gasteiger partial charge in [0.2, 0.25) is 0 Å². The second-order valence-electron chi connectivity index (χ2n) is 8.61. The van der Waals surface area contributed by atoms with E-state index in [9.17, 15) is 4.39 Å². The molecule has 1 aromatic heterocycles. The maximum atomic E-state index is 13.7. The SMILES string of the molecule is CCNc1cc(CF)c(-c2ccc(N3CCC(OC4CCNCC4)CC3)cc2)nc1C. The van der Waals surface area contributed by atoms with Crippen molar-refractivity contribution in [2.24, 2.45) is 0 Å². The van der Waals surface area contributed by atoms with Crippen molar-refractivity contribution in [3.63, 3.8) is 0 Å². The number of benzene rings is 1. The van der Waals surface area contributed by atoms with Crippen molar-refractivity contribution in [1.29, 1.82) is 0 Å². The zero-order chi connectivity index (χ0) is 21.6. The molecule has 168 valence electrons. The van der Waals surface area contributed by atoms with Gasteiger partial charge in [-0.3, -0.25) is 4.98 Å². The molecule has 6 heteroatoms. The minimum atomic E-state index is -0.521. The summed E-state index contributed by atoms with van der Waals surface area (Å²) in [7, 11) is 0. The number of rotatable bonds is 7. The molecule has 2 aliphatic rings. The van der Waals surface area contributed by atoms with E-state index in [1.54, 1.807) is 0 Å². The van der Waals surface area contributed by atoms with Gasteiger partial charge in [0.05, 0.1) is 29.3 Å². The fraction of sp³-hybridized carbons (Fsp3) is 0.560. The Labute approximate surface area is 185 Å². The number of alkyl halides is 1. The number of hydrogen-bond donors (Lipinski definition) is 2. The first-order valence-corrected chi connectivity index (χ1v) is 11.7. The van der Waals surface area contributed by atoms with Crippen molar-refractivity contribution in [2.45, 2.75) is 58.4 Å². The van der Waals surface area contributed by atoms with E-state index < -0.39 is 6.67 Å². The summed E-state index contributed by atoms with van der Waals surface area (Å²) in [6.07, 6.45) is 5.22. The zero-order valence-electron chi connectivity index (χ0n) is 18.8. The summed E-state index contributed by atoms with van der Waals surface area (Å²) in [6, 6.07) is 10.3. The lowest BCUT2D eigenvalue weighted by atomic mass is 10.0. The Hall–Kier alpha value is -2.18. The van der Waals surface area contributed by atoms with Gasteiger partial charge >= 0.3 is 0 Å². The molecular weight excluding hydrogens is 391 g/mol. The molecule has 2 aromatic rings. The molecular formula is C25H35FN4O. The molecule has 2 saturated heterocycles. The lowest BCUT2D eigenvalue weighted by Crippen LogP contribution is -2.40. The number of nitrogens with zero attached hydrogens (tertiary/aromatic N) is 2. The van der Waals surface area contributed by atoms with Crippen molar-refractivity contribution in [3.8, 4) is 11.3 Å². The second kappa shape index (κ2) is 10.4. The zero-order valence-corrected chi connectivity index (χ0v) is 18.8. The van der Waals surface area contributed by atoms with Gasteiger partial charge in [0.1, 0.15) is 6.67 Å². The maximum Gasteiger partial charge on any atom is 0.117 e. The van der Waals surface area contributed by atoms with Crippen molar-refractivity contribution < 1.29 is 9.13 Å². The number of aryl methyl sites for hydroxylation is 1. The highest BCUT2D eigenvalue weighted by molar-refractivity contribution is 5.69. The molecule has 5 nitrogen and oxygen atoms in total. The van der Waals surface area contributed by atoms with Gasteiger partial charge < -0.3 is 20.3 Å². The number of pyridine rings is 1. The lowest BCUT2D eigenvalue weighted by molar-refractivity contribution is -0.0363. The van der Waals surface area contributed by atoms with Gasteiger partial charge in [0.25, 0.3) is 0 Å². The van der Waals surface area contributed by atoms with E-state index >= 15 is 0 Å². The van der Waals surface area contributed by atoms with E-state index in [1.807, 2.05) is 19.9 Å². The van der Waals surface area contributed by atoms with Crippen LogP contribution < -0.4 is 15.5 Å². The van der Waals surface area contributed by atoms with Crippen LogP contribution in [0.4, 0.5) is 15.8 Å². The standard InChI is InChI=1S/C25H35FN4O/c1-3-28-24-16-20(17-26)25(29-18(24)2)19-4-6-21(7-5-19)30-14-10-23(11-15-30)31-22-8-12-27-13-9-22/h4-7,16,22-23,27-28H,3,8-15,17H2,1-2H3. The van der Waals surface area contributed by atoms with Crippen LogP contribution in [0.15, 0.2) is 30.3 Å². The van der Waals surface area contributed by atoms with Crippen LogP contribution in [0.5, 0.6) is 0 Å². The van der Waals surface area contributed by atoms with E-state index in [2.05, 4.69) is 39.8 Å². The third-order valence-corrected chi connectivity index (χ3v) is 6.42. The Bertz CT molecular complexity index is 843. The van der Waals surface area contributed by atoms with Crippen LogP contribution in [-0.2, 0) is 11.4 Å². The molecule has 2 fully saturated rings. The molecule has 0 saturated carbocycles. The van der Waals surface area contributed by atoms with Crippen LogP contribution in [0.2, 0.25) is 0 Å². The highest BCUT2D eigenvalue weighted by Gasteiger charge is 2.24. The van der Waals surface area contributed by atoms with Gasteiger partial charge in [0, 0.05) is 36.4 Å². The van der Waals surface area contributed by atoms with Crippen LogP contribution in [0, 0.1) is 6.92 Å². The predicted octanol–water partition coefficient (Wildman–Crippen LogP) is 4.70. The van der Waals surface area contributed by atoms with Gasteiger partial charge in [-0.25, -0.2) is 4.39 Å². The van der Waals surface area contributed by atoms with Crippen molar-refractivity contribution in [2.75, 3.05) is 42.9 Å². The molecule has 0 spiro atoms. The van der Waals surface area contributed by atoms with Gasteiger partial charge in [-0.05, 0) is 70.8 Å². The van der Waals surface area contributed by atoms with Crippen LogP contribution >= 0.6 is 0 Å². The number of hydrogen-bond acceptors (Lipinski definition) is 5. The summed E-state index contributed by atoms with van der Waals surface area (Å²) < 4.78 is 20.0. The Kier molecular flexibility index (Phi) is 7.41. The first-order chi connectivity index (χ1) is 15.2. The molecule has 0 radical (unpaired) electrons. The highest BCUT2D eigenvalue weighted by Crippen LogP contribution is 2.30. The molecule has 0 aliphatic carbocycles. The van der Waals surface area contributed by atoms with Crippen molar-refractivity contribution in [1.82, 2.24) is 10.3 Å². The fourth-order valence-electron chi connectivity index (χ4n) is 4.65. The van der Waals surface area contributed by atoms with Crippen molar-refractivity contribution in [3.05, 3.63) is 41.6 Å². The minimum absolute atomic E-state index is 0.383. The lowest BCUT2D eigenvalue weighted by Gasteiger charge is -2.36. The molecule has 2 N–H and O–H groups in total. The van der Waals surface area contributed by atoms with E-state index in [4.69, 9.17) is 9.72 Å². The number of halogens is 1. The van der Waals surface area contributed by atoms with Gasteiger partial charge in [-0.15, -0.1) is 0 Å². The first-order valence-electron chi connectivity index (χ1n) is 11.7. The van der Waals surface area contributed by atoms with Crippen LogP contribution in [-0.4, -0.2) is 49.9 Å². The van der Waals surface area contributed by atoms with E-state index in [-0.39, 0.29) is 0 Å². The van der Waals surface area contributed by atoms with Crippen LogP contribution in [0.25, 0.3) is 11.3 Å².